The fraction of sp³-hybridized carbons (Fsp3) is 0.150. The molecule has 3 rings (SSSR count). The van der Waals surface area contributed by atoms with Gasteiger partial charge in [-0.15, -0.1) is 0 Å². The molecule has 1 amide bonds. The molecule has 7 heteroatoms. The minimum Gasteiger partial charge on any atom is -0.504 e. The Balaban J connectivity index is 1.48. The Hall–Kier alpha value is -3.61. The third-order valence-corrected chi connectivity index (χ3v) is 3.96. The van der Waals surface area contributed by atoms with Crippen LogP contribution in [0, 0.1) is 0 Å². The van der Waals surface area contributed by atoms with E-state index in [0.717, 1.165) is 5.56 Å². The highest BCUT2D eigenvalue weighted by Crippen LogP contribution is 2.25. The Kier molecular flexibility index (Phi) is 5.51. The number of carbonyl (C=O) groups excluding carboxylic acids is 2. The molecule has 0 aliphatic heterocycles. The van der Waals surface area contributed by atoms with E-state index in [1.54, 1.807) is 6.07 Å². The van der Waals surface area contributed by atoms with Crippen molar-refractivity contribution in [3.63, 3.8) is 0 Å². The van der Waals surface area contributed by atoms with Gasteiger partial charge in [0, 0.05) is 30.2 Å². The number of Topliss-reactive ketones (excluding diaryl/α,β-unsaturated/α-hetero) is 1. The first-order valence-electron chi connectivity index (χ1n) is 8.40. The summed E-state index contributed by atoms with van der Waals surface area (Å²) in [7, 11) is 0. The number of hydrogen-bond donors (Lipinski definition) is 3. The van der Waals surface area contributed by atoms with Crippen LogP contribution in [0.2, 0.25) is 0 Å². The molecule has 0 fully saturated rings. The molecular formula is C20H18N2O5. The number of benzene rings is 2. The SMILES string of the molecule is O=C(CCCNC(=O)c1cc(-c2ccccc2)on1)c1ccc(O)c(O)c1. The van der Waals surface area contributed by atoms with Crippen molar-refractivity contribution in [3.05, 3.63) is 65.9 Å². The lowest BCUT2D eigenvalue weighted by molar-refractivity contribution is 0.0931. The summed E-state index contributed by atoms with van der Waals surface area (Å²) in [6.07, 6.45) is 0.619. The van der Waals surface area contributed by atoms with Crippen LogP contribution < -0.4 is 5.32 Å². The van der Waals surface area contributed by atoms with Gasteiger partial charge >= 0.3 is 0 Å². The van der Waals surface area contributed by atoms with Crippen molar-refractivity contribution >= 4 is 11.7 Å². The molecule has 0 spiro atoms. The van der Waals surface area contributed by atoms with Gasteiger partial charge in [-0.3, -0.25) is 9.59 Å². The Bertz CT molecular complexity index is 950. The molecule has 1 aromatic heterocycles. The highest BCUT2D eigenvalue weighted by Gasteiger charge is 2.14. The standard InChI is InChI=1S/C20H18N2O5/c23-16(14-8-9-17(24)18(25)11-14)7-4-10-21-20(26)15-12-19(27-22-15)13-5-2-1-3-6-13/h1-3,5-6,8-9,11-12,24-25H,4,7,10H2,(H,21,26). The van der Waals surface area contributed by atoms with Crippen molar-refractivity contribution in [2.45, 2.75) is 12.8 Å². The summed E-state index contributed by atoms with van der Waals surface area (Å²) in [4.78, 5) is 24.2. The molecule has 0 saturated carbocycles. The van der Waals surface area contributed by atoms with Gasteiger partial charge in [0.2, 0.25) is 0 Å². The van der Waals surface area contributed by atoms with Crippen molar-refractivity contribution in [1.82, 2.24) is 10.5 Å². The highest BCUT2D eigenvalue weighted by molar-refractivity contribution is 5.96. The topological polar surface area (TPSA) is 113 Å². The van der Waals surface area contributed by atoms with Gasteiger partial charge in [-0.05, 0) is 24.6 Å². The molecule has 2 aromatic carbocycles. The quantitative estimate of drug-likeness (QED) is 0.336. The number of aromatic hydroxyl groups is 2. The lowest BCUT2D eigenvalue weighted by Gasteiger charge is -2.04. The van der Waals surface area contributed by atoms with E-state index in [4.69, 9.17) is 4.52 Å². The predicted molar refractivity (Wildman–Crippen MR) is 97.6 cm³/mol. The van der Waals surface area contributed by atoms with Crippen molar-refractivity contribution < 1.29 is 24.3 Å². The van der Waals surface area contributed by atoms with Gasteiger partial charge in [-0.1, -0.05) is 35.5 Å². The van der Waals surface area contributed by atoms with Crippen molar-refractivity contribution in [1.29, 1.82) is 0 Å². The predicted octanol–water partition coefficient (Wildman–Crippen LogP) is 3.15. The largest absolute Gasteiger partial charge is 0.504 e. The lowest BCUT2D eigenvalue weighted by atomic mass is 10.1. The minimum absolute atomic E-state index is 0.170. The second kappa shape index (κ2) is 8.18. The number of aromatic nitrogens is 1. The van der Waals surface area contributed by atoms with E-state index < -0.39 is 0 Å². The molecule has 138 valence electrons. The van der Waals surface area contributed by atoms with Crippen LogP contribution in [0.25, 0.3) is 11.3 Å². The summed E-state index contributed by atoms with van der Waals surface area (Å²) in [6.45, 7) is 0.294. The van der Waals surface area contributed by atoms with E-state index >= 15 is 0 Å². The maximum Gasteiger partial charge on any atom is 0.273 e. The van der Waals surface area contributed by atoms with E-state index in [2.05, 4.69) is 10.5 Å². The normalized spacial score (nSPS) is 10.5. The highest BCUT2D eigenvalue weighted by atomic mass is 16.5. The van der Waals surface area contributed by atoms with Crippen LogP contribution in [-0.4, -0.2) is 33.6 Å². The molecule has 0 atom stereocenters. The van der Waals surface area contributed by atoms with Crippen molar-refractivity contribution in [3.8, 4) is 22.8 Å². The first-order valence-corrected chi connectivity index (χ1v) is 8.40. The average Bonchev–Trinajstić information content (AvgIpc) is 3.18. The van der Waals surface area contributed by atoms with Gasteiger partial charge in [0.1, 0.15) is 0 Å². The number of phenols is 2. The fourth-order valence-corrected chi connectivity index (χ4v) is 2.50. The fourth-order valence-electron chi connectivity index (χ4n) is 2.50. The summed E-state index contributed by atoms with van der Waals surface area (Å²) in [5.41, 5.74) is 1.30. The molecule has 0 radical (unpaired) electrons. The van der Waals surface area contributed by atoms with E-state index in [-0.39, 0.29) is 35.3 Å². The van der Waals surface area contributed by atoms with Gasteiger partial charge in [-0.2, -0.15) is 0 Å². The van der Waals surface area contributed by atoms with Gasteiger partial charge in [0.05, 0.1) is 0 Å². The van der Waals surface area contributed by atoms with Gasteiger partial charge < -0.3 is 20.1 Å². The second-order valence-corrected chi connectivity index (χ2v) is 5.93. The number of nitrogens with zero attached hydrogens (tertiary/aromatic N) is 1. The second-order valence-electron chi connectivity index (χ2n) is 5.93. The first kappa shape index (κ1) is 18.2. The van der Waals surface area contributed by atoms with Crippen LogP contribution in [0.1, 0.15) is 33.7 Å². The number of nitrogens with one attached hydrogen (secondary N) is 1. The van der Waals surface area contributed by atoms with Gasteiger partial charge in [0.15, 0.2) is 28.7 Å². The zero-order valence-electron chi connectivity index (χ0n) is 14.4. The molecule has 0 aliphatic rings. The number of amides is 1. The molecule has 3 N–H and O–H groups in total. The van der Waals surface area contributed by atoms with Crippen molar-refractivity contribution in [2.75, 3.05) is 6.54 Å². The third-order valence-electron chi connectivity index (χ3n) is 3.96. The third kappa shape index (κ3) is 4.52. The molecule has 0 aliphatic carbocycles. The van der Waals surface area contributed by atoms with E-state index in [0.29, 0.717) is 24.3 Å². The Morgan fingerprint density at radius 1 is 1.00 bits per heavy atom. The van der Waals surface area contributed by atoms with Crippen LogP contribution in [0.5, 0.6) is 11.5 Å². The van der Waals surface area contributed by atoms with Crippen LogP contribution in [-0.2, 0) is 0 Å². The lowest BCUT2D eigenvalue weighted by Crippen LogP contribution is -2.25. The summed E-state index contributed by atoms with van der Waals surface area (Å²) in [6, 6.07) is 14.8. The maximum atomic E-state index is 12.1. The average molecular weight is 366 g/mol. The molecule has 7 nitrogen and oxygen atoms in total. The van der Waals surface area contributed by atoms with Gasteiger partial charge in [-0.25, -0.2) is 0 Å². The molecule has 27 heavy (non-hydrogen) atoms. The van der Waals surface area contributed by atoms with E-state index in [9.17, 15) is 19.8 Å². The first-order chi connectivity index (χ1) is 13.0. The molecule has 0 bridgehead atoms. The number of hydrogen-bond acceptors (Lipinski definition) is 6. The van der Waals surface area contributed by atoms with Crippen LogP contribution in [0.15, 0.2) is 59.1 Å². The molecule has 1 heterocycles. The smallest absolute Gasteiger partial charge is 0.273 e. The number of phenolic OH excluding ortho intramolecular Hbond substituents is 2. The van der Waals surface area contributed by atoms with Crippen LogP contribution in [0.4, 0.5) is 0 Å². The zero-order chi connectivity index (χ0) is 19.2. The minimum atomic E-state index is -0.379. The van der Waals surface area contributed by atoms with E-state index in [1.165, 1.54) is 18.2 Å². The Morgan fingerprint density at radius 3 is 2.52 bits per heavy atom. The number of rotatable bonds is 7. The molecule has 0 saturated heterocycles. The Morgan fingerprint density at radius 2 is 1.78 bits per heavy atom. The molecule has 3 aromatic rings. The summed E-state index contributed by atoms with van der Waals surface area (Å²) in [5.74, 6) is -0.679. The molecular weight excluding hydrogens is 348 g/mol. The molecule has 0 unspecified atom stereocenters. The number of carbonyl (C=O) groups is 2. The van der Waals surface area contributed by atoms with Gasteiger partial charge in [0.25, 0.3) is 5.91 Å². The summed E-state index contributed by atoms with van der Waals surface area (Å²) in [5, 5.41) is 25.1. The Labute approximate surface area is 155 Å². The van der Waals surface area contributed by atoms with Crippen LogP contribution >= 0.6 is 0 Å². The van der Waals surface area contributed by atoms with Crippen LogP contribution in [0.3, 0.4) is 0 Å². The maximum absolute atomic E-state index is 12.1. The summed E-state index contributed by atoms with van der Waals surface area (Å²) < 4.78 is 5.19. The van der Waals surface area contributed by atoms with Crippen molar-refractivity contribution in [2.24, 2.45) is 0 Å². The monoisotopic (exact) mass is 366 g/mol. The number of ketones is 1. The van der Waals surface area contributed by atoms with E-state index in [1.807, 2.05) is 30.3 Å². The zero-order valence-corrected chi connectivity index (χ0v) is 14.4. The summed E-state index contributed by atoms with van der Waals surface area (Å²) >= 11 is 0.